The molecule has 0 unspecified atom stereocenters. The first-order valence-corrected chi connectivity index (χ1v) is 6.59. The molecule has 0 bridgehead atoms. The second-order valence-electron chi connectivity index (χ2n) is 5.19. The van der Waals surface area contributed by atoms with Crippen molar-refractivity contribution in [3.8, 4) is 0 Å². The molecule has 0 aromatic carbocycles. The second kappa shape index (κ2) is 10.1. The van der Waals surface area contributed by atoms with Gasteiger partial charge in [0.1, 0.15) is 0 Å². The molecule has 0 saturated carbocycles. The molecule has 0 spiro atoms. The summed E-state index contributed by atoms with van der Waals surface area (Å²) in [4.78, 5) is 10.7. The van der Waals surface area contributed by atoms with Crippen molar-refractivity contribution in [2.75, 3.05) is 19.9 Å². The third-order valence-corrected chi connectivity index (χ3v) is 2.27. The molecule has 4 heteroatoms. The predicted molar refractivity (Wildman–Crippen MR) is 73.3 cm³/mol. The van der Waals surface area contributed by atoms with Crippen molar-refractivity contribution >= 4 is 5.97 Å². The Morgan fingerprint density at radius 3 is 2.50 bits per heavy atom. The highest BCUT2D eigenvalue weighted by Gasteiger charge is 2.08. The molecule has 1 N–H and O–H groups in total. The molecule has 4 nitrogen and oxygen atoms in total. The number of esters is 1. The smallest absolute Gasteiger partial charge is 0.330 e. The number of nitrogens with one attached hydrogen (secondary N) is 1. The van der Waals surface area contributed by atoms with Gasteiger partial charge in [-0.2, -0.15) is 0 Å². The topological polar surface area (TPSA) is 47.6 Å². The van der Waals surface area contributed by atoms with E-state index in [9.17, 15) is 4.79 Å². The fourth-order valence-corrected chi connectivity index (χ4v) is 1.28. The Kier molecular flexibility index (Phi) is 9.60. The van der Waals surface area contributed by atoms with Gasteiger partial charge in [-0.15, -0.1) is 0 Å². The fraction of sp³-hybridized carbons (Fsp3) is 0.786. The molecular formula is C14H27NO3. The Bertz CT molecular complexity index is 234. The van der Waals surface area contributed by atoms with E-state index in [0.29, 0.717) is 13.3 Å². The fourth-order valence-electron chi connectivity index (χ4n) is 1.28. The predicted octanol–water partition coefficient (Wildman–Crippen LogP) is 2.64. The number of ether oxygens (including phenoxy) is 2. The maximum atomic E-state index is 10.7. The lowest BCUT2D eigenvalue weighted by molar-refractivity contribution is -0.137. The summed E-state index contributed by atoms with van der Waals surface area (Å²) in [6, 6.07) is 0. The maximum absolute atomic E-state index is 10.7. The normalized spacial score (nSPS) is 11.3. The van der Waals surface area contributed by atoms with E-state index in [0.717, 1.165) is 32.2 Å². The molecule has 0 aliphatic heterocycles. The zero-order valence-corrected chi connectivity index (χ0v) is 12.0. The highest BCUT2D eigenvalue weighted by molar-refractivity contribution is 5.81. The van der Waals surface area contributed by atoms with Gasteiger partial charge in [-0.05, 0) is 40.2 Å². The third-order valence-electron chi connectivity index (χ3n) is 2.27. The highest BCUT2D eigenvalue weighted by Crippen LogP contribution is 2.05. The molecule has 0 aliphatic carbocycles. The van der Waals surface area contributed by atoms with Crippen molar-refractivity contribution in [1.82, 2.24) is 5.32 Å². The molecule has 0 fully saturated rings. The van der Waals surface area contributed by atoms with Gasteiger partial charge in [0.25, 0.3) is 0 Å². The minimum Gasteiger partial charge on any atom is -0.463 e. The number of hydrogen-bond donors (Lipinski definition) is 1. The number of unbranched alkanes of at least 4 members (excludes halogenated alkanes) is 3. The third kappa shape index (κ3) is 13.2. The lowest BCUT2D eigenvalue weighted by Gasteiger charge is -2.19. The van der Waals surface area contributed by atoms with Crippen molar-refractivity contribution in [3.63, 3.8) is 0 Å². The Labute approximate surface area is 111 Å². The molecule has 0 aromatic rings. The zero-order valence-electron chi connectivity index (χ0n) is 12.0. The van der Waals surface area contributed by atoms with Crippen LogP contribution in [0.2, 0.25) is 0 Å². The van der Waals surface area contributed by atoms with E-state index < -0.39 is 0 Å². The molecule has 0 atom stereocenters. The highest BCUT2D eigenvalue weighted by atomic mass is 16.5. The van der Waals surface area contributed by atoms with Crippen molar-refractivity contribution in [1.29, 1.82) is 0 Å². The van der Waals surface area contributed by atoms with Crippen LogP contribution >= 0.6 is 0 Å². The van der Waals surface area contributed by atoms with Crippen molar-refractivity contribution in [2.24, 2.45) is 0 Å². The van der Waals surface area contributed by atoms with Crippen molar-refractivity contribution in [3.05, 3.63) is 12.7 Å². The van der Waals surface area contributed by atoms with E-state index in [2.05, 4.69) is 11.9 Å². The zero-order chi connectivity index (χ0) is 13.9. The summed E-state index contributed by atoms with van der Waals surface area (Å²) in [5, 5.41) is 3.24. The lowest BCUT2D eigenvalue weighted by atomic mass is 10.2. The van der Waals surface area contributed by atoms with E-state index in [1.807, 2.05) is 20.8 Å². The van der Waals surface area contributed by atoms with Crippen LogP contribution in [-0.2, 0) is 14.3 Å². The molecule has 0 saturated heterocycles. The van der Waals surface area contributed by atoms with Gasteiger partial charge >= 0.3 is 5.97 Å². The Morgan fingerprint density at radius 1 is 1.22 bits per heavy atom. The van der Waals surface area contributed by atoms with Crippen LogP contribution in [0.25, 0.3) is 0 Å². The molecule has 18 heavy (non-hydrogen) atoms. The van der Waals surface area contributed by atoms with Crippen molar-refractivity contribution < 1.29 is 14.3 Å². The number of carbonyl (C=O) groups excluding carboxylic acids is 1. The minimum absolute atomic E-state index is 0.0813. The van der Waals surface area contributed by atoms with Gasteiger partial charge in [-0.1, -0.05) is 19.4 Å². The van der Waals surface area contributed by atoms with Crippen LogP contribution in [0.5, 0.6) is 0 Å². The van der Waals surface area contributed by atoms with Crippen molar-refractivity contribution in [2.45, 2.75) is 52.1 Å². The summed E-state index contributed by atoms with van der Waals surface area (Å²) in [6.45, 7) is 11.5. The van der Waals surface area contributed by atoms with Gasteiger partial charge in [0, 0.05) is 6.08 Å². The van der Waals surface area contributed by atoms with Crippen LogP contribution in [0, 0.1) is 0 Å². The van der Waals surface area contributed by atoms with Gasteiger partial charge < -0.3 is 9.47 Å². The van der Waals surface area contributed by atoms with E-state index in [1.165, 1.54) is 6.08 Å². The van der Waals surface area contributed by atoms with Gasteiger partial charge in [0.15, 0.2) is 0 Å². The summed E-state index contributed by atoms with van der Waals surface area (Å²) < 4.78 is 10.4. The van der Waals surface area contributed by atoms with Gasteiger partial charge in [0.05, 0.1) is 18.9 Å². The second-order valence-corrected chi connectivity index (χ2v) is 5.19. The van der Waals surface area contributed by atoms with Crippen LogP contribution in [0.4, 0.5) is 0 Å². The summed E-state index contributed by atoms with van der Waals surface area (Å²) in [5.41, 5.74) is -0.0813. The molecule has 106 valence electrons. The molecule has 0 amide bonds. The monoisotopic (exact) mass is 257 g/mol. The van der Waals surface area contributed by atoms with Crippen LogP contribution in [0.1, 0.15) is 46.5 Å². The van der Waals surface area contributed by atoms with E-state index in [-0.39, 0.29) is 11.6 Å². The van der Waals surface area contributed by atoms with E-state index in [4.69, 9.17) is 9.47 Å². The standard InChI is InChI=1S/C14H27NO3/c1-5-13(16)17-11-9-7-6-8-10-15-12-18-14(2,3)4/h5,15H,1,6-12H2,2-4H3. The Balaban J connectivity index is 3.12. The molecule has 0 radical (unpaired) electrons. The van der Waals surface area contributed by atoms with E-state index in [1.54, 1.807) is 0 Å². The van der Waals surface area contributed by atoms with Crippen LogP contribution < -0.4 is 5.32 Å². The molecule has 0 aliphatic rings. The quantitative estimate of drug-likeness (QED) is 0.283. The summed E-state index contributed by atoms with van der Waals surface area (Å²) >= 11 is 0. The Morgan fingerprint density at radius 2 is 1.89 bits per heavy atom. The van der Waals surface area contributed by atoms with Crippen LogP contribution in [0.15, 0.2) is 12.7 Å². The molecule has 0 heterocycles. The number of hydrogen-bond acceptors (Lipinski definition) is 4. The minimum atomic E-state index is -0.337. The molecular weight excluding hydrogens is 230 g/mol. The maximum Gasteiger partial charge on any atom is 0.330 e. The van der Waals surface area contributed by atoms with Crippen LogP contribution in [-0.4, -0.2) is 31.5 Å². The first-order chi connectivity index (χ1) is 8.45. The average molecular weight is 257 g/mol. The largest absolute Gasteiger partial charge is 0.463 e. The average Bonchev–Trinajstić information content (AvgIpc) is 2.29. The first kappa shape index (κ1) is 17.1. The van der Waals surface area contributed by atoms with E-state index >= 15 is 0 Å². The van der Waals surface area contributed by atoms with Gasteiger partial charge in [-0.25, -0.2) is 4.79 Å². The Hall–Kier alpha value is -0.870. The number of rotatable bonds is 10. The number of carbonyl (C=O) groups is 1. The van der Waals surface area contributed by atoms with Gasteiger partial charge in [-0.3, -0.25) is 5.32 Å². The summed E-state index contributed by atoms with van der Waals surface area (Å²) in [6.07, 6.45) is 5.43. The van der Waals surface area contributed by atoms with Crippen LogP contribution in [0.3, 0.4) is 0 Å². The lowest BCUT2D eigenvalue weighted by Crippen LogP contribution is -2.28. The SMILES string of the molecule is C=CC(=O)OCCCCCCNCOC(C)(C)C. The molecule has 0 rings (SSSR count). The molecule has 0 aromatic heterocycles. The van der Waals surface area contributed by atoms with Gasteiger partial charge in [0.2, 0.25) is 0 Å². The first-order valence-electron chi connectivity index (χ1n) is 6.59. The summed E-state index contributed by atoms with van der Waals surface area (Å²) in [5.74, 6) is -0.337. The summed E-state index contributed by atoms with van der Waals surface area (Å²) in [7, 11) is 0.